The Labute approximate surface area is 148 Å². The number of hydrogen-bond donors (Lipinski definition) is 0. The van der Waals surface area contributed by atoms with E-state index in [4.69, 9.17) is 16.3 Å². The topological polar surface area (TPSA) is 26.3 Å². The minimum absolute atomic E-state index is 0.0757. The highest BCUT2D eigenvalue weighted by Crippen LogP contribution is 2.32. The van der Waals surface area contributed by atoms with Crippen molar-refractivity contribution >= 4 is 17.6 Å². The van der Waals surface area contributed by atoms with Crippen LogP contribution in [0.15, 0.2) is 23.8 Å². The molecule has 0 saturated carbocycles. The number of alkyl halides is 1. The first-order valence-corrected chi connectivity index (χ1v) is 9.20. The van der Waals surface area contributed by atoms with Crippen molar-refractivity contribution in [3.05, 3.63) is 23.8 Å². The van der Waals surface area contributed by atoms with E-state index in [1.54, 1.807) is 6.08 Å². The fourth-order valence-corrected chi connectivity index (χ4v) is 2.40. The summed E-state index contributed by atoms with van der Waals surface area (Å²) < 4.78 is 5.09. The molecule has 0 aliphatic carbocycles. The molecule has 134 valence electrons. The van der Waals surface area contributed by atoms with Crippen molar-refractivity contribution < 1.29 is 9.53 Å². The van der Waals surface area contributed by atoms with Crippen molar-refractivity contribution in [3.63, 3.8) is 0 Å². The highest BCUT2D eigenvalue weighted by Gasteiger charge is 2.26. The number of ether oxygens (including phenoxy) is 1. The third kappa shape index (κ3) is 10.6. The smallest absolute Gasteiger partial charge is 0.331 e. The Kier molecular flexibility index (Phi) is 10.6. The lowest BCUT2D eigenvalue weighted by atomic mass is 9.86. The van der Waals surface area contributed by atoms with Crippen molar-refractivity contribution in [2.24, 2.45) is 11.8 Å². The first-order chi connectivity index (χ1) is 10.6. The third-order valence-corrected chi connectivity index (χ3v) is 5.07. The molecule has 0 N–H and O–H groups in total. The zero-order valence-electron chi connectivity index (χ0n) is 16.0. The second-order valence-corrected chi connectivity index (χ2v) is 8.09. The molecule has 0 heterocycles. The molecular weight excluding hydrogens is 308 g/mol. The molecule has 0 aliphatic rings. The first kappa shape index (κ1) is 22.2. The first-order valence-electron chi connectivity index (χ1n) is 8.82. The van der Waals surface area contributed by atoms with Gasteiger partial charge in [-0.1, -0.05) is 39.3 Å². The minimum Gasteiger partial charge on any atom is -0.460 e. The molecule has 2 nitrogen and oxygen atoms in total. The van der Waals surface area contributed by atoms with E-state index < -0.39 is 0 Å². The summed E-state index contributed by atoms with van der Waals surface area (Å²) in [6, 6.07) is 0. The van der Waals surface area contributed by atoms with E-state index in [0.717, 1.165) is 24.8 Å². The highest BCUT2D eigenvalue weighted by atomic mass is 35.5. The summed E-state index contributed by atoms with van der Waals surface area (Å²) in [4.78, 5) is 11.4. The molecule has 0 aromatic rings. The largest absolute Gasteiger partial charge is 0.460 e. The van der Waals surface area contributed by atoms with Crippen LogP contribution in [0, 0.1) is 11.8 Å². The Balaban J connectivity index is 4.20. The van der Waals surface area contributed by atoms with Crippen molar-refractivity contribution in [3.8, 4) is 0 Å². The molecule has 0 aliphatic heterocycles. The van der Waals surface area contributed by atoms with E-state index in [-0.39, 0.29) is 16.9 Å². The summed E-state index contributed by atoms with van der Waals surface area (Å²) in [5.74, 6) is 0.867. The van der Waals surface area contributed by atoms with Gasteiger partial charge in [-0.3, -0.25) is 0 Å². The van der Waals surface area contributed by atoms with Crippen LogP contribution < -0.4 is 0 Å². The van der Waals surface area contributed by atoms with Crippen LogP contribution in [0.3, 0.4) is 0 Å². The van der Waals surface area contributed by atoms with Crippen molar-refractivity contribution in [1.82, 2.24) is 0 Å². The van der Waals surface area contributed by atoms with E-state index in [0.29, 0.717) is 11.8 Å². The lowest BCUT2D eigenvalue weighted by molar-refractivity contribution is -0.141. The van der Waals surface area contributed by atoms with Crippen LogP contribution in [0.5, 0.6) is 0 Å². The summed E-state index contributed by atoms with van der Waals surface area (Å²) in [5, 5.41) is 0. The number of rotatable bonds is 10. The van der Waals surface area contributed by atoms with Gasteiger partial charge in [0.1, 0.15) is 0 Å². The Hall–Kier alpha value is -0.760. The molecule has 3 unspecified atom stereocenters. The number of halogens is 1. The SMILES string of the molecule is CCC(C)(Cl)C(C)CCC(C)C/C=C/C(C)=C/C(=O)OC(C)C. The van der Waals surface area contributed by atoms with Gasteiger partial charge >= 0.3 is 5.97 Å². The molecule has 3 atom stereocenters. The monoisotopic (exact) mass is 342 g/mol. The molecule has 0 radical (unpaired) electrons. The van der Waals surface area contributed by atoms with Gasteiger partial charge in [-0.15, -0.1) is 11.6 Å². The maximum atomic E-state index is 11.5. The number of allylic oxidation sites excluding steroid dienone is 3. The quantitative estimate of drug-likeness (QED) is 0.202. The maximum Gasteiger partial charge on any atom is 0.331 e. The lowest BCUT2D eigenvalue weighted by Gasteiger charge is -2.28. The molecule has 0 bridgehead atoms. The predicted molar refractivity (Wildman–Crippen MR) is 101 cm³/mol. The Morgan fingerprint density at radius 3 is 2.35 bits per heavy atom. The molecule has 0 aromatic heterocycles. The summed E-state index contributed by atoms with van der Waals surface area (Å²) >= 11 is 6.52. The lowest BCUT2D eigenvalue weighted by Crippen LogP contribution is -2.25. The van der Waals surface area contributed by atoms with E-state index in [2.05, 4.69) is 33.8 Å². The van der Waals surface area contributed by atoms with Gasteiger partial charge in [-0.2, -0.15) is 0 Å². The fraction of sp³-hybridized carbons (Fsp3) is 0.750. The molecule has 0 aromatic carbocycles. The second-order valence-electron chi connectivity index (χ2n) is 7.23. The molecule has 0 amide bonds. The Morgan fingerprint density at radius 1 is 1.22 bits per heavy atom. The number of carbonyl (C=O) groups excluding carboxylic acids is 1. The Bertz CT molecular complexity index is 408. The van der Waals surface area contributed by atoms with Gasteiger partial charge in [0.2, 0.25) is 0 Å². The Morgan fingerprint density at radius 2 is 1.83 bits per heavy atom. The predicted octanol–water partition coefficient (Wildman–Crippen LogP) is 6.29. The average molecular weight is 343 g/mol. The van der Waals surface area contributed by atoms with Gasteiger partial charge in [0.25, 0.3) is 0 Å². The van der Waals surface area contributed by atoms with Crippen LogP contribution in [0.25, 0.3) is 0 Å². The highest BCUT2D eigenvalue weighted by molar-refractivity contribution is 6.23. The zero-order chi connectivity index (χ0) is 18.0. The summed E-state index contributed by atoms with van der Waals surface area (Å²) in [6.45, 7) is 14.4. The maximum absolute atomic E-state index is 11.5. The molecule has 0 saturated heterocycles. The molecular formula is C20H35ClO2. The summed E-state index contributed by atoms with van der Waals surface area (Å²) in [7, 11) is 0. The fourth-order valence-electron chi connectivity index (χ4n) is 2.29. The summed E-state index contributed by atoms with van der Waals surface area (Å²) in [6.07, 6.45) is 9.95. The molecule has 3 heteroatoms. The van der Waals surface area contributed by atoms with Gasteiger partial charge < -0.3 is 4.74 Å². The molecule has 0 rings (SSSR count). The number of carbonyl (C=O) groups is 1. The third-order valence-electron chi connectivity index (χ3n) is 4.43. The van der Waals surface area contributed by atoms with Crippen LogP contribution in [-0.4, -0.2) is 16.9 Å². The van der Waals surface area contributed by atoms with Gasteiger partial charge in [0.05, 0.1) is 6.10 Å². The van der Waals surface area contributed by atoms with Gasteiger partial charge in [-0.05, 0) is 64.4 Å². The van der Waals surface area contributed by atoms with Crippen molar-refractivity contribution in [2.45, 2.75) is 85.1 Å². The van der Waals surface area contributed by atoms with Gasteiger partial charge in [-0.25, -0.2) is 4.79 Å². The van der Waals surface area contributed by atoms with E-state index in [9.17, 15) is 4.79 Å². The zero-order valence-corrected chi connectivity index (χ0v) is 16.7. The number of esters is 1. The van der Waals surface area contributed by atoms with Gasteiger partial charge in [0, 0.05) is 11.0 Å². The molecule has 23 heavy (non-hydrogen) atoms. The average Bonchev–Trinajstić information content (AvgIpc) is 2.43. The van der Waals surface area contributed by atoms with E-state index in [1.807, 2.05) is 26.8 Å². The van der Waals surface area contributed by atoms with Crippen LogP contribution in [0.1, 0.15) is 74.1 Å². The molecule has 0 spiro atoms. The van der Waals surface area contributed by atoms with Gasteiger partial charge in [0.15, 0.2) is 0 Å². The molecule has 0 fully saturated rings. The van der Waals surface area contributed by atoms with Crippen LogP contribution >= 0.6 is 11.6 Å². The number of hydrogen-bond acceptors (Lipinski definition) is 2. The second kappa shape index (κ2) is 10.9. The van der Waals surface area contributed by atoms with Crippen LogP contribution in [0.2, 0.25) is 0 Å². The van der Waals surface area contributed by atoms with Crippen LogP contribution in [-0.2, 0) is 9.53 Å². The van der Waals surface area contributed by atoms with Crippen molar-refractivity contribution in [1.29, 1.82) is 0 Å². The standard InChI is InChI=1S/C20H35ClO2/c1-8-20(7,21)18(6)13-12-16(4)10-9-11-17(5)14-19(22)23-15(2)3/h9,11,14-16,18H,8,10,12-13H2,1-7H3/b11-9+,17-14+. The normalized spacial score (nSPS) is 18.0. The van der Waals surface area contributed by atoms with Crippen LogP contribution in [0.4, 0.5) is 0 Å². The summed E-state index contributed by atoms with van der Waals surface area (Å²) in [5.41, 5.74) is 0.926. The van der Waals surface area contributed by atoms with E-state index >= 15 is 0 Å². The van der Waals surface area contributed by atoms with E-state index in [1.165, 1.54) is 6.42 Å². The minimum atomic E-state index is -0.273. The van der Waals surface area contributed by atoms with Crippen molar-refractivity contribution in [2.75, 3.05) is 0 Å².